The van der Waals surface area contributed by atoms with Gasteiger partial charge < -0.3 is 14.7 Å². The first-order valence-electron chi connectivity index (χ1n) is 6.57. The van der Waals surface area contributed by atoms with Crippen LogP contribution in [-0.4, -0.2) is 36.7 Å². The van der Waals surface area contributed by atoms with Crippen LogP contribution in [-0.2, 0) is 11.3 Å². The molecular weight excluding hydrogens is 242 g/mol. The molecule has 19 heavy (non-hydrogen) atoms. The van der Waals surface area contributed by atoms with E-state index in [-0.39, 0.29) is 11.8 Å². The topological polar surface area (TPSA) is 49.8 Å². The highest BCUT2D eigenvalue weighted by atomic mass is 16.5. The number of aliphatic carboxylic acids is 1. The second-order valence-electron chi connectivity index (χ2n) is 5.55. The minimum Gasteiger partial charge on any atom is -0.496 e. The summed E-state index contributed by atoms with van der Waals surface area (Å²) in [6.07, 6.45) is 2.33. The summed E-state index contributed by atoms with van der Waals surface area (Å²) in [5, 5.41) is 8.94. The van der Waals surface area contributed by atoms with Gasteiger partial charge in [-0.05, 0) is 31.4 Å². The van der Waals surface area contributed by atoms with Gasteiger partial charge in [0.2, 0.25) is 0 Å². The zero-order valence-corrected chi connectivity index (χ0v) is 11.6. The number of para-hydroxylation sites is 1. The third-order valence-electron chi connectivity index (χ3n) is 3.72. The molecule has 0 radical (unpaired) electrons. The number of methoxy groups -OCH3 is 1. The molecule has 104 valence electrons. The largest absolute Gasteiger partial charge is 0.496 e. The second-order valence-corrected chi connectivity index (χ2v) is 5.55. The Hall–Kier alpha value is -1.55. The lowest BCUT2D eigenvalue weighted by Gasteiger charge is -2.23. The smallest absolute Gasteiger partial charge is 0.303 e. The summed E-state index contributed by atoms with van der Waals surface area (Å²) >= 11 is 0. The number of carboxylic acid groups (broad SMARTS) is 1. The number of ether oxygens (including phenoxy) is 1. The van der Waals surface area contributed by atoms with Crippen molar-refractivity contribution in [2.24, 2.45) is 5.41 Å². The maximum Gasteiger partial charge on any atom is 0.303 e. The van der Waals surface area contributed by atoms with E-state index in [9.17, 15) is 4.79 Å². The Labute approximate surface area is 114 Å². The number of carboxylic acids is 1. The number of hydrogen-bond donors (Lipinski definition) is 1. The van der Waals surface area contributed by atoms with Gasteiger partial charge in [-0.2, -0.15) is 0 Å². The average Bonchev–Trinajstić information content (AvgIpc) is 3.07. The first-order chi connectivity index (χ1) is 9.04. The number of rotatable bonds is 7. The third-order valence-corrected chi connectivity index (χ3v) is 3.72. The normalized spacial score (nSPS) is 16.4. The van der Waals surface area contributed by atoms with Crippen LogP contribution >= 0.6 is 0 Å². The molecule has 0 aromatic heterocycles. The van der Waals surface area contributed by atoms with Crippen molar-refractivity contribution in [3.63, 3.8) is 0 Å². The highest BCUT2D eigenvalue weighted by molar-refractivity contribution is 5.68. The first-order valence-corrected chi connectivity index (χ1v) is 6.57. The molecule has 1 aliphatic carbocycles. The van der Waals surface area contributed by atoms with E-state index in [1.54, 1.807) is 7.11 Å². The lowest BCUT2D eigenvalue weighted by molar-refractivity contribution is -0.138. The monoisotopic (exact) mass is 263 g/mol. The van der Waals surface area contributed by atoms with E-state index < -0.39 is 5.97 Å². The van der Waals surface area contributed by atoms with Crippen LogP contribution in [0.5, 0.6) is 5.75 Å². The van der Waals surface area contributed by atoms with Gasteiger partial charge in [-0.3, -0.25) is 4.79 Å². The Morgan fingerprint density at radius 3 is 2.68 bits per heavy atom. The zero-order chi connectivity index (χ0) is 13.9. The summed E-state index contributed by atoms with van der Waals surface area (Å²) in [5.41, 5.74) is 1.14. The van der Waals surface area contributed by atoms with Gasteiger partial charge >= 0.3 is 5.97 Å². The Kier molecular flexibility index (Phi) is 4.10. The van der Waals surface area contributed by atoms with Crippen LogP contribution in [0.3, 0.4) is 0 Å². The molecular formula is C15H21NO3. The molecule has 1 saturated carbocycles. The van der Waals surface area contributed by atoms with E-state index in [4.69, 9.17) is 9.84 Å². The fourth-order valence-corrected chi connectivity index (χ4v) is 2.64. The van der Waals surface area contributed by atoms with Crippen molar-refractivity contribution in [2.75, 3.05) is 20.7 Å². The Morgan fingerprint density at radius 1 is 1.42 bits per heavy atom. The second kappa shape index (κ2) is 5.61. The van der Waals surface area contributed by atoms with E-state index in [0.29, 0.717) is 0 Å². The summed E-state index contributed by atoms with van der Waals surface area (Å²) in [7, 11) is 3.71. The van der Waals surface area contributed by atoms with E-state index in [2.05, 4.69) is 4.90 Å². The van der Waals surface area contributed by atoms with Crippen LogP contribution in [0.4, 0.5) is 0 Å². The summed E-state index contributed by atoms with van der Waals surface area (Å²) < 4.78 is 5.34. The molecule has 1 fully saturated rings. The molecule has 4 heteroatoms. The minimum atomic E-state index is -0.691. The lowest BCUT2D eigenvalue weighted by atomic mass is 10.0. The molecule has 0 saturated heterocycles. The molecule has 0 atom stereocenters. The molecule has 4 nitrogen and oxygen atoms in total. The van der Waals surface area contributed by atoms with Gasteiger partial charge in [-0.25, -0.2) is 0 Å². The van der Waals surface area contributed by atoms with Gasteiger partial charge in [-0.15, -0.1) is 0 Å². The van der Waals surface area contributed by atoms with Crippen molar-refractivity contribution in [2.45, 2.75) is 25.8 Å². The summed E-state index contributed by atoms with van der Waals surface area (Å²) in [6, 6.07) is 7.95. The van der Waals surface area contributed by atoms with Gasteiger partial charge in [0.25, 0.3) is 0 Å². The molecule has 2 rings (SSSR count). The van der Waals surface area contributed by atoms with Gasteiger partial charge in [0.1, 0.15) is 5.75 Å². The molecule has 1 N–H and O–H groups in total. The van der Waals surface area contributed by atoms with E-state index >= 15 is 0 Å². The average molecular weight is 263 g/mol. The highest BCUT2D eigenvalue weighted by Crippen LogP contribution is 2.49. The standard InChI is InChI=1S/C15H21NO3/c1-16(11-15(7-8-15)9-14(17)18)10-12-5-3-4-6-13(12)19-2/h3-6H,7-11H2,1-2H3,(H,17,18). The zero-order valence-electron chi connectivity index (χ0n) is 11.6. The van der Waals surface area contributed by atoms with E-state index in [1.807, 2.05) is 31.3 Å². The van der Waals surface area contributed by atoms with Crippen LogP contribution in [0.15, 0.2) is 24.3 Å². The van der Waals surface area contributed by atoms with E-state index in [0.717, 1.165) is 37.2 Å². The fraction of sp³-hybridized carbons (Fsp3) is 0.533. The van der Waals surface area contributed by atoms with Crippen molar-refractivity contribution in [3.05, 3.63) is 29.8 Å². The van der Waals surface area contributed by atoms with Crippen LogP contribution < -0.4 is 4.74 Å². The van der Waals surface area contributed by atoms with Crippen LogP contribution in [0.1, 0.15) is 24.8 Å². The molecule has 0 bridgehead atoms. The Morgan fingerprint density at radius 2 is 2.11 bits per heavy atom. The molecule has 0 aliphatic heterocycles. The number of hydrogen-bond acceptors (Lipinski definition) is 3. The van der Waals surface area contributed by atoms with Gasteiger partial charge in [0.05, 0.1) is 13.5 Å². The fourth-order valence-electron chi connectivity index (χ4n) is 2.64. The molecule has 0 spiro atoms. The predicted molar refractivity (Wildman–Crippen MR) is 73.2 cm³/mol. The molecule has 1 aromatic carbocycles. The molecule has 0 heterocycles. The molecule has 0 unspecified atom stereocenters. The summed E-state index contributed by atoms with van der Waals surface area (Å²) in [4.78, 5) is 13.0. The SMILES string of the molecule is COc1ccccc1CN(C)CC1(CC(=O)O)CC1. The highest BCUT2D eigenvalue weighted by Gasteiger charge is 2.44. The van der Waals surface area contributed by atoms with E-state index in [1.165, 1.54) is 0 Å². The van der Waals surface area contributed by atoms with Crippen molar-refractivity contribution in [3.8, 4) is 5.75 Å². The maximum atomic E-state index is 10.9. The third kappa shape index (κ3) is 3.70. The van der Waals surface area contributed by atoms with Crippen LogP contribution in [0.2, 0.25) is 0 Å². The van der Waals surface area contributed by atoms with Gasteiger partial charge in [0, 0.05) is 18.7 Å². The van der Waals surface area contributed by atoms with Crippen molar-refractivity contribution < 1.29 is 14.6 Å². The van der Waals surface area contributed by atoms with Crippen molar-refractivity contribution in [1.29, 1.82) is 0 Å². The predicted octanol–water partition coefficient (Wildman–Crippen LogP) is 2.38. The number of carbonyl (C=O) groups is 1. The van der Waals surface area contributed by atoms with Gasteiger partial charge in [0.15, 0.2) is 0 Å². The minimum absolute atomic E-state index is 0.00258. The lowest BCUT2D eigenvalue weighted by Crippen LogP contribution is -2.28. The number of nitrogens with zero attached hydrogens (tertiary/aromatic N) is 1. The summed E-state index contributed by atoms with van der Waals surface area (Å²) in [5.74, 6) is 0.195. The first kappa shape index (κ1) is 13.9. The van der Waals surface area contributed by atoms with Crippen molar-refractivity contribution in [1.82, 2.24) is 4.90 Å². The van der Waals surface area contributed by atoms with Crippen LogP contribution in [0, 0.1) is 5.41 Å². The maximum absolute atomic E-state index is 10.9. The van der Waals surface area contributed by atoms with Gasteiger partial charge in [-0.1, -0.05) is 18.2 Å². The molecule has 1 aliphatic rings. The Bertz CT molecular complexity index is 454. The Balaban J connectivity index is 1.94. The number of benzene rings is 1. The summed E-state index contributed by atoms with van der Waals surface area (Å²) in [6.45, 7) is 1.61. The van der Waals surface area contributed by atoms with Crippen molar-refractivity contribution >= 4 is 5.97 Å². The molecule has 1 aromatic rings. The molecule has 0 amide bonds. The quantitative estimate of drug-likeness (QED) is 0.820. The van der Waals surface area contributed by atoms with Crippen LogP contribution in [0.25, 0.3) is 0 Å².